The van der Waals surface area contributed by atoms with E-state index in [4.69, 9.17) is 9.15 Å². The van der Waals surface area contributed by atoms with Crippen molar-refractivity contribution in [3.05, 3.63) is 34.7 Å². The number of aryl methyl sites for hydroxylation is 2. The van der Waals surface area contributed by atoms with Crippen LogP contribution >= 0.6 is 23.1 Å². The maximum atomic E-state index is 5.71. The Bertz CT molecular complexity index is 783. The van der Waals surface area contributed by atoms with E-state index in [1.807, 2.05) is 32.9 Å². The molecule has 23 heavy (non-hydrogen) atoms. The monoisotopic (exact) mass is 348 g/mol. The van der Waals surface area contributed by atoms with Crippen molar-refractivity contribution >= 4 is 23.1 Å². The summed E-state index contributed by atoms with van der Waals surface area (Å²) >= 11 is 3.02. The molecule has 0 spiro atoms. The van der Waals surface area contributed by atoms with Gasteiger partial charge >= 0.3 is 0 Å². The minimum atomic E-state index is 0.523. The van der Waals surface area contributed by atoms with E-state index in [-0.39, 0.29) is 0 Å². The number of thioether (sulfide) groups is 1. The van der Waals surface area contributed by atoms with Gasteiger partial charge in [-0.25, -0.2) is 4.98 Å². The van der Waals surface area contributed by atoms with Gasteiger partial charge in [0.25, 0.3) is 11.1 Å². The summed E-state index contributed by atoms with van der Waals surface area (Å²) in [6, 6.07) is 3.85. The molecule has 3 aromatic rings. The summed E-state index contributed by atoms with van der Waals surface area (Å²) in [4.78, 5) is 9.66. The maximum absolute atomic E-state index is 5.71. The highest BCUT2D eigenvalue weighted by atomic mass is 32.2. The first-order valence-electron chi connectivity index (χ1n) is 7.14. The predicted molar refractivity (Wildman–Crippen MR) is 89.8 cm³/mol. The SMILES string of the molecule is CCOc1ccc(CSc2nnc(-c3sc(C)nc3C)o2)nc1. The quantitative estimate of drug-likeness (QED) is 0.625. The van der Waals surface area contributed by atoms with E-state index in [1.165, 1.54) is 11.8 Å². The fourth-order valence-electron chi connectivity index (χ4n) is 1.97. The van der Waals surface area contributed by atoms with Crippen molar-refractivity contribution in [2.24, 2.45) is 0 Å². The third-order valence-electron chi connectivity index (χ3n) is 2.96. The summed E-state index contributed by atoms with van der Waals surface area (Å²) in [7, 11) is 0. The molecule has 3 aromatic heterocycles. The van der Waals surface area contributed by atoms with E-state index in [2.05, 4.69) is 20.2 Å². The maximum Gasteiger partial charge on any atom is 0.277 e. The van der Waals surface area contributed by atoms with Crippen LogP contribution in [-0.4, -0.2) is 26.8 Å². The van der Waals surface area contributed by atoms with Gasteiger partial charge < -0.3 is 9.15 Å². The van der Waals surface area contributed by atoms with Crippen molar-refractivity contribution in [2.75, 3.05) is 6.61 Å². The van der Waals surface area contributed by atoms with Crippen LogP contribution in [0.1, 0.15) is 23.3 Å². The number of hydrogen-bond acceptors (Lipinski definition) is 8. The average Bonchev–Trinajstić information content (AvgIpc) is 3.13. The first kappa shape index (κ1) is 15.9. The largest absolute Gasteiger partial charge is 0.492 e. The van der Waals surface area contributed by atoms with Gasteiger partial charge in [0, 0.05) is 5.75 Å². The Hall–Kier alpha value is -1.93. The van der Waals surface area contributed by atoms with E-state index >= 15 is 0 Å². The second kappa shape index (κ2) is 7.10. The molecule has 8 heteroatoms. The molecule has 0 radical (unpaired) electrons. The van der Waals surface area contributed by atoms with Crippen LogP contribution in [0.4, 0.5) is 0 Å². The van der Waals surface area contributed by atoms with Gasteiger partial charge in [-0.15, -0.1) is 21.5 Å². The minimum absolute atomic E-state index is 0.523. The molecule has 0 saturated heterocycles. The first-order valence-corrected chi connectivity index (χ1v) is 8.94. The molecule has 0 N–H and O–H groups in total. The van der Waals surface area contributed by atoms with E-state index in [9.17, 15) is 0 Å². The third-order valence-corrected chi connectivity index (χ3v) is 4.87. The zero-order valence-electron chi connectivity index (χ0n) is 13.1. The third kappa shape index (κ3) is 3.89. The lowest BCUT2D eigenvalue weighted by Gasteiger charge is -2.02. The number of aromatic nitrogens is 4. The van der Waals surface area contributed by atoms with E-state index in [0.717, 1.165) is 27.0 Å². The second-order valence-electron chi connectivity index (χ2n) is 4.73. The summed E-state index contributed by atoms with van der Waals surface area (Å²) in [5.74, 6) is 1.96. The van der Waals surface area contributed by atoms with E-state index in [1.54, 1.807) is 17.5 Å². The zero-order chi connectivity index (χ0) is 16.2. The molecule has 3 heterocycles. The van der Waals surface area contributed by atoms with Crippen molar-refractivity contribution in [2.45, 2.75) is 31.7 Å². The Kier molecular flexibility index (Phi) is 4.92. The number of hydrogen-bond donors (Lipinski definition) is 0. The van der Waals surface area contributed by atoms with Crippen molar-refractivity contribution in [1.29, 1.82) is 0 Å². The fraction of sp³-hybridized carbons (Fsp3) is 0.333. The van der Waals surface area contributed by atoms with Gasteiger partial charge in [-0.2, -0.15) is 0 Å². The lowest BCUT2D eigenvalue weighted by Crippen LogP contribution is -1.93. The number of nitrogens with zero attached hydrogens (tertiary/aromatic N) is 4. The highest BCUT2D eigenvalue weighted by Gasteiger charge is 2.15. The molecule has 0 unspecified atom stereocenters. The number of rotatable bonds is 6. The molecule has 0 saturated carbocycles. The normalized spacial score (nSPS) is 10.9. The molecular formula is C15H16N4O2S2. The number of thiazole rings is 1. The van der Waals surface area contributed by atoms with Crippen LogP contribution in [0, 0.1) is 13.8 Å². The summed E-state index contributed by atoms with van der Waals surface area (Å²) in [5, 5.41) is 9.70. The van der Waals surface area contributed by atoms with Gasteiger partial charge in [0.15, 0.2) is 0 Å². The summed E-state index contributed by atoms with van der Waals surface area (Å²) in [5.41, 5.74) is 1.85. The molecule has 0 atom stereocenters. The van der Waals surface area contributed by atoms with Gasteiger partial charge in [-0.3, -0.25) is 4.98 Å². The van der Waals surface area contributed by atoms with Crippen molar-refractivity contribution in [1.82, 2.24) is 20.2 Å². The van der Waals surface area contributed by atoms with Crippen LogP contribution < -0.4 is 4.74 Å². The molecular weight excluding hydrogens is 332 g/mol. The Morgan fingerprint density at radius 1 is 1.26 bits per heavy atom. The fourth-order valence-corrected chi connectivity index (χ4v) is 3.49. The van der Waals surface area contributed by atoms with Crippen LogP contribution in [-0.2, 0) is 5.75 Å². The molecule has 0 fully saturated rings. The lowest BCUT2D eigenvalue weighted by atomic mass is 10.4. The van der Waals surface area contributed by atoms with Crippen LogP contribution in [0.5, 0.6) is 5.75 Å². The van der Waals surface area contributed by atoms with Crippen molar-refractivity contribution in [3.8, 4) is 16.5 Å². The number of ether oxygens (including phenoxy) is 1. The molecule has 0 aliphatic rings. The standard InChI is InChI=1S/C15H16N4O2S2/c1-4-20-12-6-5-11(16-7-12)8-22-15-19-18-14(21-15)13-9(2)17-10(3)23-13/h5-7H,4,8H2,1-3H3. The van der Waals surface area contributed by atoms with Crippen LogP contribution in [0.25, 0.3) is 10.8 Å². The average molecular weight is 348 g/mol. The van der Waals surface area contributed by atoms with Crippen molar-refractivity contribution < 1.29 is 9.15 Å². The molecule has 0 bridgehead atoms. The van der Waals surface area contributed by atoms with Gasteiger partial charge in [-0.05, 0) is 32.9 Å². The van der Waals surface area contributed by atoms with Gasteiger partial charge in [0.05, 0.1) is 29.2 Å². The smallest absolute Gasteiger partial charge is 0.277 e. The van der Waals surface area contributed by atoms with Crippen LogP contribution in [0.15, 0.2) is 28.0 Å². The Morgan fingerprint density at radius 3 is 2.78 bits per heavy atom. The molecule has 6 nitrogen and oxygen atoms in total. The molecule has 0 aromatic carbocycles. The van der Waals surface area contributed by atoms with E-state index < -0.39 is 0 Å². The Morgan fingerprint density at radius 2 is 2.13 bits per heavy atom. The Balaban J connectivity index is 1.64. The molecule has 0 aliphatic heterocycles. The minimum Gasteiger partial charge on any atom is -0.492 e. The highest BCUT2D eigenvalue weighted by Crippen LogP contribution is 2.31. The molecule has 120 valence electrons. The molecule has 0 amide bonds. The van der Waals surface area contributed by atoms with E-state index in [0.29, 0.717) is 23.5 Å². The summed E-state index contributed by atoms with van der Waals surface area (Å²) in [6.07, 6.45) is 1.72. The van der Waals surface area contributed by atoms with Gasteiger partial charge in [0.2, 0.25) is 0 Å². The topological polar surface area (TPSA) is 73.9 Å². The second-order valence-corrected chi connectivity index (χ2v) is 6.86. The van der Waals surface area contributed by atoms with Crippen molar-refractivity contribution in [3.63, 3.8) is 0 Å². The number of pyridine rings is 1. The van der Waals surface area contributed by atoms with Crippen LogP contribution in [0.2, 0.25) is 0 Å². The van der Waals surface area contributed by atoms with Crippen LogP contribution in [0.3, 0.4) is 0 Å². The highest BCUT2D eigenvalue weighted by molar-refractivity contribution is 7.98. The molecule has 0 aliphatic carbocycles. The van der Waals surface area contributed by atoms with Gasteiger partial charge in [-0.1, -0.05) is 11.8 Å². The summed E-state index contributed by atoms with van der Waals surface area (Å²) in [6.45, 7) is 6.49. The molecule has 3 rings (SSSR count). The zero-order valence-corrected chi connectivity index (χ0v) is 14.7. The van der Waals surface area contributed by atoms with Gasteiger partial charge in [0.1, 0.15) is 10.6 Å². The first-order chi connectivity index (χ1) is 11.2. The summed E-state index contributed by atoms with van der Waals surface area (Å²) < 4.78 is 11.1. The predicted octanol–water partition coefficient (Wildman–Crippen LogP) is 3.90. The lowest BCUT2D eigenvalue weighted by molar-refractivity contribution is 0.338. The Labute approximate surface area is 142 Å².